The number of hydrogen-bond acceptors (Lipinski definition) is 5. The lowest BCUT2D eigenvalue weighted by Crippen LogP contribution is -2.59. The fraction of sp³-hybridized carbons (Fsp3) is 0.261. The fourth-order valence-corrected chi connectivity index (χ4v) is 4.63. The van der Waals surface area contributed by atoms with Gasteiger partial charge in [0.25, 0.3) is 5.91 Å². The first kappa shape index (κ1) is 20.3. The number of carbonyl (C=O) groups is 1. The molecule has 3 aromatic rings. The molecule has 0 bridgehead atoms. The minimum Gasteiger partial charge on any atom is -0.502 e. The first-order chi connectivity index (χ1) is 15.5. The normalized spacial score (nSPS) is 18.5. The van der Waals surface area contributed by atoms with Crippen molar-refractivity contribution in [3.63, 3.8) is 0 Å². The fourth-order valence-electron chi connectivity index (χ4n) is 4.63. The van der Waals surface area contributed by atoms with E-state index in [0.717, 1.165) is 19.0 Å². The smallest absolute Gasteiger partial charge is 0.290 e. The number of benzene rings is 2. The topological polar surface area (TPSA) is 78.7 Å². The van der Waals surface area contributed by atoms with Crippen molar-refractivity contribution in [2.75, 3.05) is 13.1 Å². The highest BCUT2D eigenvalue weighted by Crippen LogP contribution is 2.43. The lowest BCUT2D eigenvalue weighted by molar-refractivity contribution is -0.104. The van der Waals surface area contributed by atoms with E-state index in [-0.39, 0.29) is 5.69 Å². The number of rotatable bonds is 3. The molecule has 1 saturated heterocycles. The number of aromatic hydroxyl groups is 1. The number of hydrazine groups is 1. The maximum absolute atomic E-state index is 14.2. The SMILES string of the molecule is O=C1c2c(O)c(=O)cnn2[C@H](C(c2cccc(F)c2)c2cccc(F)c2)N2CCCCN12. The molecule has 1 aromatic heterocycles. The second-order valence-corrected chi connectivity index (χ2v) is 7.95. The highest BCUT2D eigenvalue weighted by Gasteiger charge is 2.45. The van der Waals surface area contributed by atoms with Gasteiger partial charge in [-0.25, -0.2) is 13.5 Å². The molecule has 32 heavy (non-hydrogen) atoms. The average Bonchev–Trinajstić information content (AvgIpc) is 2.78. The molecule has 2 aromatic carbocycles. The van der Waals surface area contributed by atoms with Gasteiger partial charge in [-0.05, 0) is 48.2 Å². The van der Waals surface area contributed by atoms with Crippen LogP contribution in [0.4, 0.5) is 8.78 Å². The molecule has 1 amide bonds. The van der Waals surface area contributed by atoms with E-state index >= 15 is 0 Å². The van der Waals surface area contributed by atoms with Crippen LogP contribution in [0.15, 0.2) is 59.5 Å². The molecule has 164 valence electrons. The van der Waals surface area contributed by atoms with Crippen LogP contribution in [0, 0.1) is 11.6 Å². The van der Waals surface area contributed by atoms with Crippen molar-refractivity contribution in [3.05, 3.63) is 93.4 Å². The van der Waals surface area contributed by atoms with Gasteiger partial charge in [-0.15, -0.1) is 0 Å². The Hall–Kier alpha value is -3.59. The molecule has 0 unspecified atom stereocenters. The van der Waals surface area contributed by atoms with Crippen molar-refractivity contribution < 1.29 is 18.7 Å². The molecule has 0 radical (unpaired) electrons. The Morgan fingerprint density at radius 2 is 1.59 bits per heavy atom. The lowest BCUT2D eigenvalue weighted by atomic mass is 9.87. The standard InChI is InChI=1S/C23H20F2N4O3/c24-16-7-3-5-14(11-16)19(15-6-4-8-17(25)12-15)22-27-9-1-2-10-28(27)23(32)20-21(31)18(30)13-26-29(20)22/h3-8,11-13,19,22,31H,1-2,9-10H2/t22-/m1/s1. The summed E-state index contributed by atoms with van der Waals surface area (Å²) in [5, 5.41) is 18.0. The second kappa shape index (κ2) is 7.83. The van der Waals surface area contributed by atoms with Gasteiger partial charge >= 0.3 is 0 Å². The first-order valence-corrected chi connectivity index (χ1v) is 10.4. The number of amides is 1. The van der Waals surface area contributed by atoms with Gasteiger partial charge in [-0.2, -0.15) is 10.1 Å². The van der Waals surface area contributed by atoms with Crippen LogP contribution in [0.3, 0.4) is 0 Å². The third-order valence-electron chi connectivity index (χ3n) is 6.01. The number of halogens is 2. The van der Waals surface area contributed by atoms with Crippen LogP contribution in [-0.4, -0.2) is 43.9 Å². The summed E-state index contributed by atoms with van der Waals surface area (Å²) in [7, 11) is 0. The third kappa shape index (κ3) is 3.25. The van der Waals surface area contributed by atoms with Crippen molar-refractivity contribution in [1.29, 1.82) is 0 Å². The first-order valence-electron chi connectivity index (χ1n) is 10.4. The quantitative estimate of drug-likeness (QED) is 0.680. The molecular formula is C23H20F2N4O3. The molecule has 9 heteroatoms. The maximum atomic E-state index is 14.2. The summed E-state index contributed by atoms with van der Waals surface area (Å²) < 4.78 is 29.8. The van der Waals surface area contributed by atoms with Gasteiger partial charge in [0.2, 0.25) is 5.43 Å². The zero-order chi connectivity index (χ0) is 22.4. The van der Waals surface area contributed by atoms with Crippen molar-refractivity contribution in [3.8, 4) is 5.75 Å². The Kier molecular flexibility index (Phi) is 4.97. The molecular weight excluding hydrogens is 418 g/mol. The van der Waals surface area contributed by atoms with Crippen molar-refractivity contribution in [2.24, 2.45) is 0 Å². The number of nitrogens with zero attached hydrogens (tertiary/aromatic N) is 4. The summed E-state index contributed by atoms with van der Waals surface area (Å²) in [4.78, 5) is 25.3. The molecule has 1 fully saturated rings. The molecule has 0 saturated carbocycles. The van der Waals surface area contributed by atoms with Crippen LogP contribution in [0.25, 0.3) is 0 Å². The molecule has 3 heterocycles. The van der Waals surface area contributed by atoms with Crippen LogP contribution >= 0.6 is 0 Å². The van der Waals surface area contributed by atoms with E-state index in [2.05, 4.69) is 5.10 Å². The molecule has 2 aliphatic rings. The minimum absolute atomic E-state index is 0.224. The van der Waals surface area contributed by atoms with E-state index < -0.39 is 40.8 Å². The Morgan fingerprint density at radius 1 is 0.969 bits per heavy atom. The van der Waals surface area contributed by atoms with Crippen LogP contribution in [0.5, 0.6) is 5.75 Å². The van der Waals surface area contributed by atoms with E-state index in [1.54, 1.807) is 24.3 Å². The Morgan fingerprint density at radius 3 is 2.22 bits per heavy atom. The summed E-state index contributed by atoms with van der Waals surface area (Å²) in [5.41, 5.74) is 0.109. The Labute approximate surface area is 182 Å². The third-order valence-corrected chi connectivity index (χ3v) is 6.01. The highest BCUT2D eigenvalue weighted by molar-refractivity contribution is 5.95. The Balaban J connectivity index is 1.79. The van der Waals surface area contributed by atoms with Gasteiger partial charge in [0, 0.05) is 19.0 Å². The molecule has 5 rings (SSSR count). The highest BCUT2D eigenvalue weighted by atomic mass is 19.1. The molecule has 2 aliphatic heterocycles. The van der Waals surface area contributed by atoms with Gasteiger partial charge in [0.1, 0.15) is 17.8 Å². The van der Waals surface area contributed by atoms with Gasteiger partial charge < -0.3 is 5.11 Å². The molecule has 7 nitrogen and oxygen atoms in total. The van der Waals surface area contributed by atoms with Gasteiger partial charge in [-0.3, -0.25) is 14.6 Å². The number of fused-ring (bicyclic) bond motifs is 2. The van der Waals surface area contributed by atoms with Crippen LogP contribution in [-0.2, 0) is 0 Å². The monoisotopic (exact) mass is 438 g/mol. The molecule has 0 spiro atoms. The number of aromatic nitrogens is 2. The maximum Gasteiger partial charge on any atom is 0.290 e. The van der Waals surface area contributed by atoms with Crippen molar-refractivity contribution in [2.45, 2.75) is 24.9 Å². The van der Waals surface area contributed by atoms with E-state index in [4.69, 9.17) is 0 Å². The molecule has 0 aliphatic carbocycles. The molecule has 1 N–H and O–H groups in total. The van der Waals surface area contributed by atoms with Crippen LogP contribution in [0.1, 0.15) is 46.5 Å². The summed E-state index contributed by atoms with van der Waals surface area (Å²) in [5.74, 6) is -2.77. The summed E-state index contributed by atoms with van der Waals surface area (Å²) in [6.07, 6.45) is 1.77. The minimum atomic E-state index is -0.762. The van der Waals surface area contributed by atoms with Crippen LogP contribution in [0.2, 0.25) is 0 Å². The van der Waals surface area contributed by atoms with Gasteiger partial charge in [0.15, 0.2) is 11.4 Å². The number of hydrogen-bond donors (Lipinski definition) is 1. The van der Waals surface area contributed by atoms with Crippen molar-refractivity contribution >= 4 is 5.91 Å². The summed E-state index contributed by atoms with van der Waals surface area (Å²) in [6, 6.07) is 11.9. The second-order valence-electron chi connectivity index (χ2n) is 7.95. The van der Waals surface area contributed by atoms with Crippen LogP contribution < -0.4 is 5.43 Å². The van der Waals surface area contributed by atoms with E-state index in [1.807, 2.05) is 5.01 Å². The predicted octanol–water partition coefficient (Wildman–Crippen LogP) is 3.02. The van der Waals surface area contributed by atoms with Crippen molar-refractivity contribution in [1.82, 2.24) is 19.8 Å². The summed E-state index contributed by atoms with van der Waals surface area (Å²) in [6.45, 7) is 0.905. The van der Waals surface area contributed by atoms with E-state index in [0.29, 0.717) is 24.2 Å². The Bertz CT molecular complexity index is 1220. The van der Waals surface area contributed by atoms with E-state index in [9.17, 15) is 23.5 Å². The van der Waals surface area contributed by atoms with Gasteiger partial charge in [-0.1, -0.05) is 24.3 Å². The van der Waals surface area contributed by atoms with E-state index in [1.165, 1.54) is 34.0 Å². The summed E-state index contributed by atoms with van der Waals surface area (Å²) >= 11 is 0. The zero-order valence-corrected chi connectivity index (χ0v) is 17.0. The average molecular weight is 438 g/mol. The number of carbonyl (C=O) groups excluding carboxylic acids is 1. The largest absolute Gasteiger partial charge is 0.502 e. The zero-order valence-electron chi connectivity index (χ0n) is 17.0. The molecule has 1 atom stereocenters. The van der Waals surface area contributed by atoms with Gasteiger partial charge in [0.05, 0.1) is 6.20 Å². The lowest BCUT2D eigenvalue weighted by Gasteiger charge is -2.49. The predicted molar refractivity (Wildman–Crippen MR) is 111 cm³/mol.